The zero-order valence-corrected chi connectivity index (χ0v) is 17.5. The van der Waals surface area contributed by atoms with Crippen LogP contribution in [0.1, 0.15) is 19.7 Å². The van der Waals surface area contributed by atoms with E-state index in [0.29, 0.717) is 29.0 Å². The molecule has 0 N–H and O–H groups in total. The summed E-state index contributed by atoms with van der Waals surface area (Å²) < 4.78 is 21.5. The van der Waals surface area contributed by atoms with Crippen molar-refractivity contribution >= 4 is 5.91 Å². The number of methoxy groups -OCH3 is 2. The number of amides is 1. The minimum Gasteiger partial charge on any atom is -0.493 e. The highest BCUT2D eigenvalue weighted by atomic mass is 16.5. The highest BCUT2D eigenvalue weighted by molar-refractivity contribution is 5.78. The highest BCUT2D eigenvalue weighted by Gasteiger charge is 2.21. The van der Waals surface area contributed by atoms with Crippen molar-refractivity contribution in [1.82, 2.24) is 15.0 Å². The van der Waals surface area contributed by atoms with Crippen molar-refractivity contribution < 1.29 is 23.5 Å². The van der Waals surface area contributed by atoms with E-state index in [1.165, 1.54) is 0 Å². The second-order valence-corrected chi connectivity index (χ2v) is 6.80. The summed E-state index contributed by atoms with van der Waals surface area (Å²) in [5.74, 6) is 2.39. The van der Waals surface area contributed by atoms with E-state index in [1.54, 1.807) is 43.4 Å². The molecule has 0 spiro atoms. The van der Waals surface area contributed by atoms with Gasteiger partial charge in [0.2, 0.25) is 11.7 Å². The van der Waals surface area contributed by atoms with E-state index in [1.807, 2.05) is 38.1 Å². The third kappa shape index (κ3) is 5.08. The summed E-state index contributed by atoms with van der Waals surface area (Å²) in [6.07, 6.45) is 0. The number of para-hydroxylation sites is 1. The normalized spacial score (nSPS) is 10.7. The number of nitrogens with zero attached hydrogens (tertiary/aromatic N) is 3. The quantitative estimate of drug-likeness (QED) is 0.532. The van der Waals surface area contributed by atoms with Gasteiger partial charge in [-0.1, -0.05) is 23.4 Å². The molecule has 158 valence electrons. The van der Waals surface area contributed by atoms with Gasteiger partial charge in [0.05, 0.1) is 14.2 Å². The van der Waals surface area contributed by atoms with Crippen molar-refractivity contribution in [3.63, 3.8) is 0 Å². The van der Waals surface area contributed by atoms with Crippen molar-refractivity contribution in [2.75, 3.05) is 20.8 Å². The minimum atomic E-state index is -0.167. The van der Waals surface area contributed by atoms with Gasteiger partial charge in [-0.05, 0) is 44.2 Å². The molecule has 2 aromatic carbocycles. The van der Waals surface area contributed by atoms with E-state index >= 15 is 0 Å². The predicted molar refractivity (Wildman–Crippen MR) is 110 cm³/mol. The third-order valence-electron chi connectivity index (χ3n) is 4.46. The molecule has 0 radical (unpaired) electrons. The van der Waals surface area contributed by atoms with Crippen LogP contribution in [0.5, 0.6) is 17.2 Å². The molecule has 0 bridgehead atoms. The Balaban J connectivity index is 1.69. The molecule has 0 aliphatic carbocycles. The summed E-state index contributed by atoms with van der Waals surface area (Å²) in [7, 11) is 3.13. The molecule has 0 atom stereocenters. The van der Waals surface area contributed by atoms with Crippen LogP contribution in [0.4, 0.5) is 0 Å². The number of hydrogen-bond acceptors (Lipinski definition) is 7. The van der Waals surface area contributed by atoms with Crippen molar-refractivity contribution in [3.8, 4) is 28.6 Å². The van der Waals surface area contributed by atoms with Crippen molar-refractivity contribution in [2.45, 2.75) is 26.4 Å². The molecule has 0 aliphatic rings. The summed E-state index contributed by atoms with van der Waals surface area (Å²) >= 11 is 0. The number of rotatable bonds is 9. The number of aromatic nitrogens is 2. The summed E-state index contributed by atoms with van der Waals surface area (Å²) in [5.41, 5.74) is 0.720. The SMILES string of the molecule is COc1ccc(-c2noc(CN(C(=O)COc3ccccc3)C(C)C)n2)cc1OC. The monoisotopic (exact) mass is 411 g/mol. The first-order valence-corrected chi connectivity index (χ1v) is 9.54. The van der Waals surface area contributed by atoms with Gasteiger partial charge in [-0.3, -0.25) is 4.79 Å². The smallest absolute Gasteiger partial charge is 0.261 e. The molecule has 0 fully saturated rings. The van der Waals surface area contributed by atoms with Gasteiger partial charge in [0.15, 0.2) is 18.1 Å². The maximum atomic E-state index is 12.7. The van der Waals surface area contributed by atoms with Crippen LogP contribution in [0.3, 0.4) is 0 Å². The number of ether oxygens (including phenoxy) is 3. The van der Waals surface area contributed by atoms with Crippen LogP contribution in [0, 0.1) is 0 Å². The van der Waals surface area contributed by atoms with Crippen molar-refractivity contribution in [1.29, 1.82) is 0 Å². The molecule has 3 aromatic rings. The maximum absolute atomic E-state index is 12.7. The predicted octanol–water partition coefficient (Wildman–Crippen LogP) is 3.57. The van der Waals surface area contributed by atoms with Gasteiger partial charge < -0.3 is 23.6 Å². The lowest BCUT2D eigenvalue weighted by molar-refractivity contribution is -0.136. The molecule has 8 nitrogen and oxygen atoms in total. The van der Waals surface area contributed by atoms with E-state index in [4.69, 9.17) is 18.7 Å². The highest BCUT2D eigenvalue weighted by Crippen LogP contribution is 2.31. The molecular weight excluding hydrogens is 386 g/mol. The van der Waals surface area contributed by atoms with Crippen LogP contribution in [0.15, 0.2) is 53.1 Å². The molecule has 8 heteroatoms. The average molecular weight is 411 g/mol. The second-order valence-electron chi connectivity index (χ2n) is 6.80. The fraction of sp³-hybridized carbons (Fsp3) is 0.318. The number of carbonyl (C=O) groups excluding carboxylic acids is 1. The van der Waals surface area contributed by atoms with Crippen LogP contribution in [0.25, 0.3) is 11.4 Å². The molecule has 3 rings (SSSR count). The first-order valence-electron chi connectivity index (χ1n) is 9.54. The summed E-state index contributed by atoms with van der Waals surface area (Å²) in [4.78, 5) is 18.7. The summed E-state index contributed by atoms with van der Waals surface area (Å²) in [6, 6.07) is 14.5. The van der Waals surface area contributed by atoms with Crippen LogP contribution >= 0.6 is 0 Å². The fourth-order valence-electron chi connectivity index (χ4n) is 2.86. The number of hydrogen-bond donors (Lipinski definition) is 0. The Morgan fingerprint density at radius 1 is 1.07 bits per heavy atom. The van der Waals surface area contributed by atoms with E-state index in [2.05, 4.69) is 10.1 Å². The molecule has 1 amide bonds. The Morgan fingerprint density at radius 3 is 2.47 bits per heavy atom. The lowest BCUT2D eigenvalue weighted by Gasteiger charge is -2.25. The third-order valence-corrected chi connectivity index (χ3v) is 4.46. The van der Waals surface area contributed by atoms with Gasteiger partial charge in [0.25, 0.3) is 5.91 Å². The first kappa shape index (κ1) is 21.2. The Bertz CT molecular complexity index is 972. The lowest BCUT2D eigenvalue weighted by atomic mass is 10.2. The maximum Gasteiger partial charge on any atom is 0.261 e. The second kappa shape index (κ2) is 9.78. The molecule has 1 heterocycles. The fourth-order valence-corrected chi connectivity index (χ4v) is 2.86. The summed E-state index contributed by atoms with van der Waals surface area (Å²) in [5, 5.41) is 4.03. The van der Waals surface area contributed by atoms with Gasteiger partial charge in [-0.15, -0.1) is 0 Å². The topological polar surface area (TPSA) is 86.9 Å². The van der Waals surface area contributed by atoms with Crippen LogP contribution in [-0.4, -0.2) is 47.8 Å². The summed E-state index contributed by atoms with van der Waals surface area (Å²) in [6.45, 7) is 3.96. The number of carbonyl (C=O) groups is 1. The molecule has 0 saturated carbocycles. The molecule has 1 aromatic heterocycles. The Kier molecular flexibility index (Phi) is 6.90. The van der Waals surface area contributed by atoms with E-state index in [9.17, 15) is 4.79 Å². The molecule has 0 unspecified atom stereocenters. The van der Waals surface area contributed by atoms with Crippen molar-refractivity contribution in [3.05, 3.63) is 54.4 Å². The van der Waals surface area contributed by atoms with Gasteiger partial charge in [0, 0.05) is 11.6 Å². The Labute approximate surface area is 175 Å². The van der Waals surface area contributed by atoms with Crippen molar-refractivity contribution in [2.24, 2.45) is 0 Å². The minimum absolute atomic E-state index is 0.0618. The standard InChI is InChI=1S/C22H25N3O5/c1-15(2)25(21(26)14-29-17-8-6-5-7-9-17)13-20-23-22(24-30-20)16-10-11-18(27-3)19(12-16)28-4/h5-12,15H,13-14H2,1-4H3. The van der Waals surface area contributed by atoms with E-state index < -0.39 is 0 Å². The van der Waals surface area contributed by atoms with Gasteiger partial charge >= 0.3 is 0 Å². The average Bonchev–Trinajstić information content (AvgIpc) is 3.24. The van der Waals surface area contributed by atoms with Crippen LogP contribution < -0.4 is 14.2 Å². The number of benzene rings is 2. The Hall–Kier alpha value is -3.55. The van der Waals surface area contributed by atoms with Crippen LogP contribution in [0.2, 0.25) is 0 Å². The molecular formula is C22H25N3O5. The zero-order chi connectivity index (χ0) is 21.5. The molecule has 30 heavy (non-hydrogen) atoms. The Morgan fingerprint density at radius 2 is 1.80 bits per heavy atom. The van der Waals surface area contributed by atoms with E-state index in [-0.39, 0.29) is 25.1 Å². The van der Waals surface area contributed by atoms with E-state index in [0.717, 1.165) is 5.56 Å². The molecule has 0 aliphatic heterocycles. The first-order chi connectivity index (χ1) is 14.5. The largest absolute Gasteiger partial charge is 0.493 e. The van der Waals surface area contributed by atoms with Gasteiger partial charge in [0.1, 0.15) is 12.3 Å². The molecule has 0 saturated heterocycles. The lowest BCUT2D eigenvalue weighted by Crippen LogP contribution is -2.39. The van der Waals surface area contributed by atoms with Gasteiger partial charge in [-0.2, -0.15) is 4.98 Å². The zero-order valence-electron chi connectivity index (χ0n) is 17.5. The van der Waals surface area contributed by atoms with Gasteiger partial charge in [-0.25, -0.2) is 0 Å². The van der Waals surface area contributed by atoms with Crippen LogP contribution in [-0.2, 0) is 11.3 Å².